The van der Waals surface area contributed by atoms with Crippen molar-refractivity contribution in [2.24, 2.45) is 0 Å². The third-order valence-electron chi connectivity index (χ3n) is 2.32. The Morgan fingerprint density at radius 3 is 2.19 bits per heavy atom. The number of carbonyl (C=O) groups is 2. The van der Waals surface area contributed by atoms with Crippen molar-refractivity contribution in [3.63, 3.8) is 0 Å². The van der Waals surface area contributed by atoms with Gasteiger partial charge in [-0.15, -0.1) is 0 Å². The Balaban J connectivity index is 3.25. The summed E-state index contributed by atoms with van der Waals surface area (Å²) >= 11 is 0. The summed E-state index contributed by atoms with van der Waals surface area (Å²) in [6, 6.07) is 3.93. The molecule has 0 fully saturated rings. The fourth-order valence-corrected chi connectivity index (χ4v) is 2.13. The lowest BCUT2D eigenvalue weighted by Gasteiger charge is -2.11. The minimum absolute atomic E-state index is 0.0234. The molecule has 0 saturated carbocycles. The molecule has 21 heavy (non-hydrogen) atoms. The second-order valence-corrected chi connectivity index (χ2v) is 5.82. The fraction of sp³-hybridized carbons (Fsp3) is 0.385. The third kappa shape index (κ3) is 5.07. The lowest BCUT2D eigenvalue weighted by molar-refractivity contribution is 0.0512. The normalized spacial score (nSPS) is 10.8. The van der Waals surface area contributed by atoms with Gasteiger partial charge in [-0.25, -0.2) is 18.0 Å². The van der Waals surface area contributed by atoms with Gasteiger partial charge in [0.2, 0.25) is 10.0 Å². The molecule has 1 rings (SSSR count). The Bertz CT molecular complexity index is 638. The lowest BCUT2D eigenvalue weighted by Crippen LogP contribution is -2.16. The number of carbonyl (C=O) groups excluding carboxylic acids is 2. The van der Waals surface area contributed by atoms with Gasteiger partial charge in [0.05, 0.1) is 36.3 Å². The molecule has 0 saturated heterocycles. The average molecular weight is 315 g/mol. The van der Waals surface area contributed by atoms with Gasteiger partial charge in [0.1, 0.15) is 0 Å². The van der Waals surface area contributed by atoms with Crippen LogP contribution >= 0.6 is 0 Å². The van der Waals surface area contributed by atoms with Gasteiger partial charge in [-0.05, 0) is 32.0 Å². The fourth-order valence-electron chi connectivity index (χ4n) is 1.56. The Kier molecular flexibility index (Phi) is 5.71. The van der Waals surface area contributed by atoms with Crippen LogP contribution in [0.5, 0.6) is 0 Å². The van der Waals surface area contributed by atoms with Crippen LogP contribution in [-0.2, 0) is 19.5 Å². The predicted octanol–water partition coefficient (Wildman–Crippen LogP) is 1.41. The molecule has 8 heteroatoms. The van der Waals surface area contributed by atoms with Crippen molar-refractivity contribution in [1.29, 1.82) is 0 Å². The molecule has 0 aliphatic carbocycles. The molecule has 0 aromatic heterocycles. The van der Waals surface area contributed by atoms with Crippen LogP contribution in [0.4, 0.5) is 5.69 Å². The summed E-state index contributed by atoms with van der Waals surface area (Å²) in [5.74, 6) is -1.29. The highest BCUT2D eigenvalue weighted by Gasteiger charge is 2.18. The Morgan fingerprint density at radius 2 is 1.67 bits per heavy atom. The summed E-state index contributed by atoms with van der Waals surface area (Å²) in [7, 11) is -3.61. The Hall–Kier alpha value is -2.09. The maximum absolute atomic E-state index is 11.8. The van der Waals surface area contributed by atoms with Crippen LogP contribution in [-0.4, -0.2) is 39.8 Å². The van der Waals surface area contributed by atoms with Crippen molar-refractivity contribution < 1.29 is 27.5 Å². The monoisotopic (exact) mass is 315 g/mol. The van der Waals surface area contributed by atoms with Crippen LogP contribution in [0.1, 0.15) is 34.6 Å². The van der Waals surface area contributed by atoms with Gasteiger partial charge in [-0.2, -0.15) is 0 Å². The zero-order valence-corrected chi connectivity index (χ0v) is 12.8. The maximum atomic E-state index is 11.8. The summed E-state index contributed by atoms with van der Waals surface area (Å²) < 4.78 is 34.6. The predicted molar refractivity (Wildman–Crippen MR) is 76.8 cm³/mol. The van der Waals surface area contributed by atoms with Gasteiger partial charge >= 0.3 is 11.9 Å². The standard InChI is InChI=1S/C13H17NO6S/c1-4-19-12(15)9-6-7-10(13(16)20-5-2)11(8-9)14-21(3,17)18/h6-8,14H,4-5H2,1-3H3. The zero-order valence-electron chi connectivity index (χ0n) is 12.0. The van der Waals surface area contributed by atoms with E-state index in [4.69, 9.17) is 9.47 Å². The van der Waals surface area contributed by atoms with Crippen LogP contribution in [0.2, 0.25) is 0 Å². The number of nitrogens with one attached hydrogen (secondary N) is 1. The van der Waals surface area contributed by atoms with E-state index >= 15 is 0 Å². The van der Waals surface area contributed by atoms with Crippen molar-refractivity contribution in [3.8, 4) is 0 Å². The highest BCUT2D eigenvalue weighted by molar-refractivity contribution is 7.92. The SMILES string of the molecule is CCOC(=O)c1ccc(C(=O)OCC)c(NS(C)(=O)=O)c1. The number of hydrogen-bond donors (Lipinski definition) is 1. The quantitative estimate of drug-likeness (QED) is 0.797. The largest absolute Gasteiger partial charge is 0.462 e. The van der Waals surface area contributed by atoms with Crippen LogP contribution in [0.3, 0.4) is 0 Å². The summed E-state index contributed by atoms with van der Waals surface area (Å²) in [5, 5.41) is 0. The number of rotatable bonds is 6. The lowest BCUT2D eigenvalue weighted by atomic mass is 10.1. The van der Waals surface area contributed by atoms with E-state index in [1.165, 1.54) is 18.2 Å². The first-order chi connectivity index (χ1) is 9.78. The third-order valence-corrected chi connectivity index (χ3v) is 2.91. The first-order valence-electron chi connectivity index (χ1n) is 6.24. The molecule has 0 unspecified atom stereocenters. The van der Waals surface area contributed by atoms with Crippen LogP contribution in [0.25, 0.3) is 0 Å². The molecule has 0 aliphatic rings. The molecule has 116 valence electrons. The first-order valence-corrected chi connectivity index (χ1v) is 8.13. The minimum Gasteiger partial charge on any atom is -0.462 e. The highest BCUT2D eigenvalue weighted by Crippen LogP contribution is 2.21. The highest BCUT2D eigenvalue weighted by atomic mass is 32.2. The van der Waals surface area contributed by atoms with E-state index in [2.05, 4.69) is 4.72 Å². The van der Waals surface area contributed by atoms with Gasteiger partial charge in [-0.3, -0.25) is 4.72 Å². The number of sulfonamides is 1. The number of ether oxygens (including phenoxy) is 2. The number of hydrogen-bond acceptors (Lipinski definition) is 6. The van der Waals surface area contributed by atoms with E-state index in [9.17, 15) is 18.0 Å². The number of anilines is 1. The van der Waals surface area contributed by atoms with E-state index in [0.29, 0.717) is 0 Å². The molecule has 0 amide bonds. The van der Waals surface area contributed by atoms with Crippen LogP contribution in [0, 0.1) is 0 Å². The summed E-state index contributed by atoms with van der Waals surface area (Å²) in [5.41, 5.74) is 0.132. The second-order valence-electron chi connectivity index (χ2n) is 4.08. The minimum atomic E-state index is -3.61. The zero-order chi connectivity index (χ0) is 16.0. The molecule has 0 atom stereocenters. The van der Waals surface area contributed by atoms with Gasteiger partial charge < -0.3 is 9.47 Å². The van der Waals surface area contributed by atoms with E-state index in [1.54, 1.807) is 13.8 Å². The number of esters is 2. The summed E-state index contributed by atoms with van der Waals surface area (Å²) in [6.45, 7) is 3.62. The first kappa shape index (κ1) is 17.0. The van der Waals surface area contributed by atoms with E-state index in [-0.39, 0.29) is 30.0 Å². The van der Waals surface area contributed by atoms with Crippen LogP contribution < -0.4 is 4.72 Å². The second kappa shape index (κ2) is 7.07. The molecule has 1 aromatic rings. The molecular formula is C13H17NO6S. The smallest absolute Gasteiger partial charge is 0.340 e. The summed E-state index contributed by atoms with van der Waals surface area (Å²) in [6.07, 6.45) is 0.943. The molecule has 0 heterocycles. The van der Waals surface area contributed by atoms with Gasteiger partial charge in [0.25, 0.3) is 0 Å². The maximum Gasteiger partial charge on any atom is 0.340 e. The molecule has 1 N–H and O–H groups in total. The van der Waals surface area contributed by atoms with E-state index in [1.807, 2.05) is 0 Å². The molecular weight excluding hydrogens is 298 g/mol. The van der Waals surface area contributed by atoms with Crippen molar-refractivity contribution in [2.75, 3.05) is 24.2 Å². The Labute approximate surface area is 123 Å². The van der Waals surface area contributed by atoms with Gasteiger partial charge in [0.15, 0.2) is 0 Å². The van der Waals surface area contributed by atoms with Gasteiger partial charge in [0, 0.05) is 0 Å². The van der Waals surface area contributed by atoms with Crippen molar-refractivity contribution in [3.05, 3.63) is 29.3 Å². The molecule has 7 nitrogen and oxygen atoms in total. The molecule has 1 aromatic carbocycles. The van der Waals surface area contributed by atoms with Crippen molar-refractivity contribution in [1.82, 2.24) is 0 Å². The van der Waals surface area contributed by atoms with E-state index in [0.717, 1.165) is 6.26 Å². The Morgan fingerprint density at radius 1 is 1.10 bits per heavy atom. The number of benzene rings is 1. The summed E-state index contributed by atoms with van der Waals surface area (Å²) in [4.78, 5) is 23.4. The molecule has 0 bridgehead atoms. The molecule has 0 radical (unpaired) electrons. The van der Waals surface area contributed by atoms with Crippen molar-refractivity contribution in [2.45, 2.75) is 13.8 Å². The van der Waals surface area contributed by atoms with Crippen LogP contribution in [0.15, 0.2) is 18.2 Å². The van der Waals surface area contributed by atoms with Gasteiger partial charge in [-0.1, -0.05) is 0 Å². The molecule has 0 aliphatic heterocycles. The average Bonchev–Trinajstić information content (AvgIpc) is 2.37. The van der Waals surface area contributed by atoms with E-state index < -0.39 is 22.0 Å². The molecule has 0 spiro atoms. The topological polar surface area (TPSA) is 98.8 Å². The van der Waals surface area contributed by atoms with Crippen molar-refractivity contribution >= 4 is 27.6 Å².